The Morgan fingerprint density at radius 2 is 2.00 bits per heavy atom. The molecule has 24 heavy (non-hydrogen) atoms. The van der Waals surface area contributed by atoms with E-state index in [1.807, 2.05) is 18.2 Å². The van der Waals surface area contributed by atoms with E-state index < -0.39 is 6.10 Å². The average Bonchev–Trinajstić information content (AvgIpc) is 3.13. The maximum atomic E-state index is 10.6. The van der Waals surface area contributed by atoms with E-state index >= 15 is 0 Å². The molecule has 0 amide bonds. The van der Waals surface area contributed by atoms with Crippen LogP contribution in [0.25, 0.3) is 0 Å². The van der Waals surface area contributed by atoms with Crippen molar-refractivity contribution < 1.29 is 19.3 Å². The van der Waals surface area contributed by atoms with Crippen LogP contribution in [-0.2, 0) is 4.74 Å². The van der Waals surface area contributed by atoms with Crippen LogP contribution in [0.15, 0.2) is 18.2 Å². The maximum absolute atomic E-state index is 10.6. The number of benzene rings is 1. The van der Waals surface area contributed by atoms with Crippen molar-refractivity contribution in [3.8, 4) is 11.5 Å². The molecule has 1 aromatic carbocycles. The molecule has 2 atom stereocenters. The van der Waals surface area contributed by atoms with Gasteiger partial charge in [-0.2, -0.15) is 0 Å². The number of methoxy groups -OCH3 is 1. The molecule has 2 unspecified atom stereocenters. The van der Waals surface area contributed by atoms with Crippen molar-refractivity contribution in [1.82, 2.24) is 0 Å². The second kappa shape index (κ2) is 8.72. The Bertz CT molecular complexity index is 504. The molecule has 3 rings (SSSR count). The largest absolute Gasteiger partial charge is 0.493 e. The number of ether oxygens (including phenoxy) is 3. The number of hydrogen-bond donors (Lipinski definition) is 1. The van der Waals surface area contributed by atoms with E-state index in [1.165, 1.54) is 32.1 Å². The Hall–Kier alpha value is -1.26. The zero-order valence-electron chi connectivity index (χ0n) is 14.7. The van der Waals surface area contributed by atoms with Crippen molar-refractivity contribution >= 4 is 0 Å². The van der Waals surface area contributed by atoms with Crippen LogP contribution >= 0.6 is 0 Å². The van der Waals surface area contributed by atoms with E-state index in [1.54, 1.807) is 7.11 Å². The highest BCUT2D eigenvalue weighted by molar-refractivity contribution is 5.43. The lowest BCUT2D eigenvalue weighted by molar-refractivity contribution is 0.136. The van der Waals surface area contributed by atoms with Gasteiger partial charge in [0, 0.05) is 6.42 Å². The maximum Gasteiger partial charge on any atom is 0.162 e. The van der Waals surface area contributed by atoms with Gasteiger partial charge in [0.15, 0.2) is 11.5 Å². The van der Waals surface area contributed by atoms with Crippen molar-refractivity contribution in [2.45, 2.75) is 63.6 Å². The van der Waals surface area contributed by atoms with Crippen molar-refractivity contribution in [2.24, 2.45) is 5.92 Å². The van der Waals surface area contributed by atoms with Crippen LogP contribution in [-0.4, -0.2) is 31.5 Å². The molecule has 1 saturated carbocycles. The summed E-state index contributed by atoms with van der Waals surface area (Å²) in [7, 11) is 1.65. The van der Waals surface area contributed by atoms with Gasteiger partial charge < -0.3 is 19.3 Å². The van der Waals surface area contributed by atoms with Gasteiger partial charge in [0.1, 0.15) is 6.10 Å². The van der Waals surface area contributed by atoms with E-state index in [2.05, 4.69) is 0 Å². The summed E-state index contributed by atoms with van der Waals surface area (Å²) in [6.45, 7) is 1.37. The minimum atomic E-state index is -0.431. The Labute approximate surface area is 145 Å². The summed E-state index contributed by atoms with van der Waals surface area (Å²) in [6, 6.07) is 5.77. The van der Waals surface area contributed by atoms with Gasteiger partial charge in [-0.15, -0.1) is 0 Å². The summed E-state index contributed by atoms with van der Waals surface area (Å²) in [5.74, 6) is 2.21. The van der Waals surface area contributed by atoms with E-state index in [0.717, 1.165) is 37.4 Å². The van der Waals surface area contributed by atoms with Crippen LogP contribution in [0.5, 0.6) is 11.5 Å². The topological polar surface area (TPSA) is 47.9 Å². The minimum absolute atomic E-state index is 0.0773. The molecule has 2 fully saturated rings. The fourth-order valence-corrected chi connectivity index (χ4v) is 3.81. The molecule has 2 aliphatic rings. The monoisotopic (exact) mass is 334 g/mol. The highest BCUT2D eigenvalue weighted by Gasteiger charge is 2.21. The van der Waals surface area contributed by atoms with Gasteiger partial charge in [0.25, 0.3) is 0 Å². The minimum Gasteiger partial charge on any atom is -0.493 e. The van der Waals surface area contributed by atoms with Crippen molar-refractivity contribution in [3.63, 3.8) is 0 Å². The predicted molar refractivity (Wildman–Crippen MR) is 93.6 cm³/mol. The molecule has 1 N–H and O–H groups in total. The summed E-state index contributed by atoms with van der Waals surface area (Å²) < 4.78 is 16.8. The third-order valence-corrected chi connectivity index (χ3v) is 5.33. The highest BCUT2D eigenvalue weighted by atomic mass is 16.6. The van der Waals surface area contributed by atoms with E-state index in [0.29, 0.717) is 18.1 Å². The standard InChI is InChI=1S/C20H30O4/c1-22-19-10-8-16(13-20(19)24-17-11-12-23-14-17)18(21)9-7-15-5-3-2-4-6-15/h8,10,13,15,17-18,21H,2-7,9,11-12,14H2,1H3. The molecular weight excluding hydrogens is 304 g/mol. The highest BCUT2D eigenvalue weighted by Crippen LogP contribution is 2.35. The van der Waals surface area contributed by atoms with Gasteiger partial charge >= 0.3 is 0 Å². The lowest BCUT2D eigenvalue weighted by atomic mass is 9.85. The van der Waals surface area contributed by atoms with Crippen LogP contribution < -0.4 is 9.47 Å². The molecule has 4 nitrogen and oxygen atoms in total. The average molecular weight is 334 g/mol. The lowest BCUT2D eigenvalue weighted by Gasteiger charge is -2.23. The molecule has 0 bridgehead atoms. The molecule has 134 valence electrons. The lowest BCUT2D eigenvalue weighted by Crippen LogP contribution is -2.16. The van der Waals surface area contributed by atoms with E-state index in [9.17, 15) is 5.11 Å². The second-order valence-corrected chi connectivity index (χ2v) is 7.11. The molecule has 1 saturated heterocycles. The third kappa shape index (κ3) is 4.64. The Morgan fingerprint density at radius 3 is 2.71 bits per heavy atom. The second-order valence-electron chi connectivity index (χ2n) is 7.11. The molecule has 0 spiro atoms. The Morgan fingerprint density at radius 1 is 1.17 bits per heavy atom. The smallest absolute Gasteiger partial charge is 0.162 e. The number of hydrogen-bond acceptors (Lipinski definition) is 4. The summed E-state index contributed by atoms with van der Waals surface area (Å²) in [4.78, 5) is 0. The third-order valence-electron chi connectivity index (χ3n) is 5.33. The summed E-state index contributed by atoms with van der Waals surface area (Å²) >= 11 is 0. The molecule has 1 aliphatic carbocycles. The molecule has 1 aromatic rings. The van der Waals surface area contributed by atoms with Crippen LogP contribution in [0, 0.1) is 5.92 Å². The van der Waals surface area contributed by atoms with E-state index in [-0.39, 0.29) is 6.10 Å². The fourth-order valence-electron chi connectivity index (χ4n) is 3.81. The van der Waals surface area contributed by atoms with Crippen molar-refractivity contribution in [1.29, 1.82) is 0 Å². The number of aliphatic hydroxyl groups is 1. The molecule has 1 heterocycles. The van der Waals surface area contributed by atoms with E-state index in [4.69, 9.17) is 14.2 Å². The van der Waals surface area contributed by atoms with Crippen LogP contribution in [0.1, 0.15) is 63.0 Å². The van der Waals surface area contributed by atoms with Crippen molar-refractivity contribution in [2.75, 3.05) is 20.3 Å². The predicted octanol–water partition coefficient (Wildman–Crippen LogP) is 4.26. The van der Waals surface area contributed by atoms with Crippen LogP contribution in [0.4, 0.5) is 0 Å². The van der Waals surface area contributed by atoms with Gasteiger partial charge in [-0.25, -0.2) is 0 Å². The first-order valence-electron chi connectivity index (χ1n) is 9.36. The molecular formula is C20H30O4. The summed E-state index contributed by atoms with van der Waals surface area (Å²) in [5.41, 5.74) is 0.917. The number of aliphatic hydroxyl groups excluding tert-OH is 1. The molecule has 1 aliphatic heterocycles. The SMILES string of the molecule is COc1ccc(C(O)CCC2CCCCC2)cc1OC1CCOC1. The molecule has 0 aromatic heterocycles. The molecule has 0 radical (unpaired) electrons. The first kappa shape index (κ1) is 17.6. The Balaban J connectivity index is 1.60. The fraction of sp³-hybridized carbons (Fsp3) is 0.700. The normalized spacial score (nSPS) is 23.2. The van der Waals surface area contributed by atoms with Crippen LogP contribution in [0.2, 0.25) is 0 Å². The first-order valence-corrected chi connectivity index (χ1v) is 9.36. The zero-order valence-corrected chi connectivity index (χ0v) is 14.7. The zero-order chi connectivity index (χ0) is 16.8. The van der Waals surface area contributed by atoms with Gasteiger partial charge in [-0.05, 0) is 36.5 Å². The van der Waals surface area contributed by atoms with Crippen LogP contribution in [0.3, 0.4) is 0 Å². The van der Waals surface area contributed by atoms with Gasteiger partial charge in [-0.3, -0.25) is 0 Å². The Kier molecular flexibility index (Phi) is 6.38. The van der Waals surface area contributed by atoms with Crippen molar-refractivity contribution in [3.05, 3.63) is 23.8 Å². The van der Waals surface area contributed by atoms with Gasteiger partial charge in [0.2, 0.25) is 0 Å². The first-order chi connectivity index (χ1) is 11.8. The number of rotatable bonds is 7. The summed E-state index contributed by atoms with van der Waals surface area (Å²) in [6.07, 6.45) is 9.21. The quantitative estimate of drug-likeness (QED) is 0.809. The summed E-state index contributed by atoms with van der Waals surface area (Å²) in [5, 5.41) is 10.6. The van der Waals surface area contributed by atoms with Gasteiger partial charge in [-0.1, -0.05) is 38.2 Å². The molecule has 4 heteroatoms. The van der Waals surface area contributed by atoms with Gasteiger partial charge in [0.05, 0.1) is 26.4 Å².